The number of morpholine rings is 1. The smallest absolute Gasteiger partial charge is 0.407 e. The van der Waals surface area contributed by atoms with E-state index in [9.17, 15) is 18.4 Å². The molecule has 2 aliphatic heterocycles. The first-order chi connectivity index (χ1) is 22.3. The van der Waals surface area contributed by atoms with Gasteiger partial charge in [0.1, 0.15) is 24.1 Å². The molecule has 2 amide bonds. The van der Waals surface area contributed by atoms with E-state index in [4.69, 9.17) is 19.9 Å². The highest BCUT2D eigenvalue weighted by molar-refractivity contribution is 5.96. The van der Waals surface area contributed by atoms with E-state index in [1.54, 1.807) is 6.07 Å². The quantitative estimate of drug-likeness (QED) is 0.245. The van der Waals surface area contributed by atoms with Gasteiger partial charge in [0.2, 0.25) is 5.91 Å². The van der Waals surface area contributed by atoms with Crippen LogP contribution in [-0.4, -0.2) is 69.2 Å². The molecule has 0 bridgehead atoms. The molecule has 0 aromatic heterocycles. The number of hydrogen-bond acceptors (Lipinski definition) is 7. The first-order valence-corrected chi connectivity index (χ1v) is 15.5. The second kappa shape index (κ2) is 16.0. The van der Waals surface area contributed by atoms with Crippen molar-refractivity contribution >= 4 is 17.7 Å². The minimum absolute atomic E-state index is 0.0453. The minimum atomic E-state index is -1.16. The van der Waals surface area contributed by atoms with Crippen LogP contribution in [-0.2, 0) is 25.4 Å². The number of hydrogen-bond donors (Lipinski definition) is 4. The van der Waals surface area contributed by atoms with Crippen molar-refractivity contribution in [2.24, 2.45) is 5.73 Å². The Labute approximate surface area is 266 Å². The first kappa shape index (κ1) is 33.4. The number of anilines is 1. The molecule has 3 aromatic carbocycles. The van der Waals surface area contributed by atoms with Crippen molar-refractivity contribution < 1.29 is 37.0 Å². The average Bonchev–Trinajstić information content (AvgIpc) is 3.06. The molecule has 0 spiro atoms. The lowest BCUT2D eigenvalue weighted by atomic mass is 9.85. The Morgan fingerprint density at radius 2 is 1.67 bits per heavy atom. The van der Waals surface area contributed by atoms with Crippen LogP contribution < -0.4 is 21.7 Å². The Morgan fingerprint density at radius 3 is 2.28 bits per heavy atom. The Morgan fingerprint density at radius 1 is 0.978 bits per heavy atom. The number of ether oxygens (including phenoxy) is 3. The summed E-state index contributed by atoms with van der Waals surface area (Å²) in [5, 5.41) is 8.89. The Hall–Kier alpha value is -3.97. The van der Waals surface area contributed by atoms with E-state index in [0.717, 1.165) is 12.8 Å². The van der Waals surface area contributed by atoms with Crippen LogP contribution in [0, 0.1) is 17.5 Å². The monoisotopic (exact) mass is 640 g/mol. The van der Waals surface area contributed by atoms with Gasteiger partial charge in [-0.05, 0) is 73.2 Å². The summed E-state index contributed by atoms with van der Waals surface area (Å²) in [6, 6.07) is 14.2. The molecule has 3 aromatic rings. The third kappa shape index (κ3) is 9.06. The maximum atomic E-state index is 15.1. The van der Waals surface area contributed by atoms with Crippen molar-refractivity contribution in [3.8, 4) is 0 Å². The number of amides is 2. The number of benzene rings is 3. The Kier molecular flexibility index (Phi) is 11.6. The van der Waals surface area contributed by atoms with E-state index in [1.807, 2.05) is 0 Å². The van der Waals surface area contributed by atoms with Crippen LogP contribution in [0.5, 0.6) is 0 Å². The van der Waals surface area contributed by atoms with Crippen molar-refractivity contribution in [1.82, 2.24) is 10.6 Å². The summed E-state index contributed by atoms with van der Waals surface area (Å²) in [7, 11) is 0. The lowest BCUT2D eigenvalue weighted by Crippen LogP contribution is -2.50. The van der Waals surface area contributed by atoms with Gasteiger partial charge < -0.3 is 35.9 Å². The highest BCUT2D eigenvalue weighted by Gasteiger charge is 2.29. The van der Waals surface area contributed by atoms with Gasteiger partial charge in [0.15, 0.2) is 0 Å². The summed E-state index contributed by atoms with van der Waals surface area (Å²) >= 11 is 0. The van der Waals surface area contributed by atoms with E-state index in [1.165, 1.54) is 60.7 Å². The molecule has 5 N–H and O–H groups in total. The highest BCUT2D eigenvalue weighted by atomic mass is 19.1. The summed E-state index contributed by atoms with van der Waals surface area (Å²) in [5.74, 6) is -2.67. The molecular weight excluding hydrogens is 601 g/mol. The van der Waals surface area contributed by atoms with Gasteiger partial charge >= 0.3 is 6.09 Å². The van der Waals surface area contributed by atoms with E-state index < -0.39 is 41.4 Å². The normalized spacial score (nSPS) is 20.6. The zero-order valence-corrected chi connectivity index (χ0v) is 25.4. The van der Waals surface area contributed by atoms with Crippen molar-refractivity contribution in [2.45, 2.75) is 55.8 Å². The third-order valence-corrected chi connectivity index (χ3v) is 8.28. The number of nitrogens with one attached hydrogen (secondary N) is 3. The van der Waals surface area contributed by atoms with Gasteiger partial charge in [-0.15, -0.1) is 0 Å². The van der Waals surface area contributed by atoms with Crippen LogP contribution in [0.25, 0.3) is 0 Å². The Bertz CT molecular complexity index is 1400. The molecule has 12 heteroatoms. The second-order valence-electron chi connectivity index (χ2n) is 11.6. The van der Waals surface area contributed by atoms with Crippen LogP contribution in [0.4, 0.5) is 23.7 Å². The van der Waals surface area contributed by atoms with Crippen molar-refractivity contribution in [2.75, 3.05) is 38.3 Å². The maximum Gasteiger partial charge on any atom is 0.407 e. The predicted molar refractivity (Wildman–Crippen MR) is 166 cm³/mol. The van der Waals surface area contributed by atoms with E-state index in [-0.39, 0.29) is 36.9 Å². The molecule has 2 saturated heterocycles. The minimum Gasteiger partial charge on any atom is -0.448 e. The fraction of sp³-hybridized carbons (Fsp3) is 0.412. The molecule has 0 aliphatic carbocycles. The lowest BCUT2D eigenvalue weighted by molar-refractivity contribution is -0.117. The van der Waals surface area contributed by atoms with E-state index >= 15 is 4.39 Å². The van der Waals surface area contributed by atoms with E-state index in [2.05, 4.69) is 16.0 Å². The van der Waals surface area contributed by atoms with Gasteiger partial charge in [-0.1, -0.05) is 30.3 Å². The predicted octanol–water partition coefficient (Wildman–Crippen LogP) is 4.40. The second-order valence-corrected chi connectivity index (χ2v) is 11.6. The fourth-order valence-corrected chi connectivity index (χ4v) is 5.75. The number of rotatable bonds is 11. The van der Waals surface area contributed by atoms with Gasteiger partial charge in [0, 0.05) is 30.3 Å². The first-order valence-electron chi connectivity index (χ1n) is 15.5. The maximum absolute atomic E-state index is 15.1. The van der Waals surface area contributed by atoms with Gasteiger partial charge in [-0.2, -0.15) is 0 Å². The Balaban J connectivity index is 1.16. The number of nitrogens with two attached hydrogens (primary N) is 1. The third-order valence-electron chi connectivity index (χ3n) is 8.28. The van der Waals surface area contributed by atoms with Crippen LogP contribution in [0.15, 0.2) is 66.7 Å². The van der Waals surface area contributed by atoms with Gasteiger partial charge in [-0.25, -0.2) is 18.0 Å². The molecule has 2 fully saturated rings. The molecule has 5 rings (SSSR count). The summed E-state index contributed by atoms with van der Waals surface area (Å²) < 4.78 is 59.0. The van der Waals surface area contributed by atoms with Gasteiger partial charge in [0.05, 0.1) is 37.4 Å². The highest BCUT2D eigenvalue weighted by Crippen LogP contribution is 2.30. The number of halogens is 3. The van der Waals surface area contributed by atoms with Crippen LogP contribution in [0.2, 0.25) is 0 Å². The van der Waals surface area contributed by atoms with Gasteiger partial charge in [-0.3, -0.25) is 4.79 Å². The van der Waals surface area contributed by atoms with E-state index in [0.29, 0.717) is 49.5 Å². The van der Waals surface area contributed by atoms with Crippen LogP contribution >= 0.6 is 0 Å². The number of alkyl carbamates (subject to hydrolysis) is 1. The molecule has 2 heterocycles. The molecule has 46 heavy (non-hydrogen) atoms. The van der Waals surface area contributed by atoms with Crippen molar-refractivity contribution in [3.05, 3.63) is 101 Å². The summed E-state index contributed by atoms with van der Waals surface area (Å²) in [6.45, 7) is 2.12. The number of carbonyl (C=O) groups excluding carboxylic acids is 2. The van der Waals surface area contributed by atoms with Gasteiger partial charge in [0.25, 0.3) is 0 Å². The topological polar surface area (TPSA) is 124 Å². The van der Waals surface area contributed by atoms with Crippen LogP contribution in [0.3, 0.4) is 0 Å². The molecule has 9 nitrogen and oxygen atoms in total. The fourth-order valence-electron chi connectivity index (χ4n) is 5.75. The summed E-state index contributed by atoms with van der Waals surface area (Å²) in [6.07, 6.45) is 1.77. The molecule has 246 valence electrons. The molecule has 4 atom stereocenters. The number of carbonyl (C=O) groups is 2. The SMILES string of the molecule is N[C@H](C(=O)Nc1cccc(F)c1CC[C@@H]1CN[C@H](COC(=O)N[C@H]2CCCOC2)CO1)C(c1ccc(F)cc1)c1ccc(F)cc1. The van der Waals surface area contributed by atoms with Crippen molar-refractivity contribution in [1.29, 1.82) is 0 Å². The molecule has 0 unspecified atom stereocenters. The average molecular weight is 641 g/mol. The summed E-state index contributed by atoms with van der Waals surface area (Å²) in [4.78, 5) is 25.6. The van der Waals surface area contributed by atoms with Crippen molar-refractivity contribution in [3.63, 3.8) is 0 Å². The molecule has 2 aliphatic rings. The van der Waals surface area contributed by atoms with Crippen LogP contribution in [0.1, 0.15) is 41.9 Å². The standard InChI is InChI=1S/C34H39F3N4O5/c35-23-10-6-21(7-11-23)31(22-8-12-24(36)13-9-22)32(38)33(42)41-30-5-1-4-29(37)28(30)15-14-27-17-39-26(19-45-27)20-46-34(43)40-25-3-2-16-44-18-25/h1,4-13,25-27,31-32,39H,2-3,14-20,38H2,(H,40,43)(H,41,42)/t25-,26-,27+,32-/m0/s1. The zero-order chi connectivity index (χ0) is 32.5. The lowest BCUT2D eigenvalue weighted by Gasteiger charge is -2.30. The molecular formula is C34H39F3N4O5. The largest absolute Gasteiger partial charge is 0.448 e. The summed E-state index contributed by atoms with van der Waals surface area (Å²) in [5.41, 5.74) is 8.19. The molecule has 0 saturated carbocycles. The zero-order valence-electron chi connectivity index (χ0n) is 25.4. The molecule has 0 radical (unpaired) electrons.